The first-order valence-electron chi connectivity index (χ1n) is 8.70. The second-order valence-electron chi connectivity index (χ2n) is 7.07. The van der Waals surface area contributed by atoms with Crippen molar-refractivity contribution in [2.45, 2.75) is 31.3 Å². The molecule has 0 saturated carbocycles. The molecule has 5 nitrogen and oxygen atoms in total. The Labute approximate surface area is 145 Å². The molecule has 1 amide bonds. The van der Waals surface area contributed by atoms with Crippen LogP contribution in [-0.4, -0.2) is 64.1 Å². The largest absolute Gasteiger partial charge is 0.387 e. The first-order valence-corrected chi connectivity index (χ1v) is 9.58. The van der Waals surface area contributed by atoms with Crippen molar-refractivity contribution in [1.29, 1.82) is 0 Å². The summed E-state index contributed by atoms with van der Waals surface area (Å²) in [5, 5.41) is 11.0. The normalized spacial score (nSPS) is 25.5. The Bertz CT molecular complexity index is 741. The van der Waals surface area contributed by atoms with Crippen molar-refractivity contribution in [3.63, 3.8) is 0 Å². The third kappa shape index (κ3) is 3.18. The second kappa shape index (κ2) is 6.43. The molecule has 2 aromatic rings. The third-order valence-corrected chi connectivity index (χ3v) is 5.93. The van der Waals surface area contributed by atoms with Crippen LogP contribution in [0, 0.1) is 0 Å². The van der Waals surface area contributed by atoms with Gasteiger partial charge in [0.2, 0.25) is 0 Å². The quantitative estimate of drug-likeness (QED) is 0.928. The van der Waals surface area contributed by atoms with E-state index >= 15 is 0 Å². The fourth-order valence-corrected chi connectivity index (χ4v) is 4.66. The predicted octanol–water partition coefficient (Wildman–Crippen LogP) is 2.36. The number of aliphatic hydroxyl groups is 1. The lowest BCUT2D eigenvalue weighted by molar-refractivity contribution is -0.0431. The zero-order valence-corrected chi connectivity index (χ0v) is 14.6. The second-order valence-corrected chi connectivity index (χ2v) is 7.96. The van der Waals surface area contributed by atoms with Gasteiger partial charge < -0.3 is 14.9 Å². The summed E-state index contributed by atoms with van der Waals surface area (Å²) < 4.78 is 1.03. The maximum absolute atomic E-state index is 12.9. The van der Waals surface area contributed by atoms with E-state index in [1.54, 1.807) is 16.8 Å². The average molecular weight is 345 g/mol. The third-order valence-electron chi connectivity index (χ3n) is 5.14. The highest BCUT2D eigenvalue weighted by Gasteiger charge is 2.37. The van der Waals surface area contributed by atoms with Gasteiger partial charge in [-0.25, -0.2) is 4.98 Å². The number of likely N-dealkylation sites (tertiary alicyclic amines) is 2. The molecule has 0 aliphatic carbocycles. The number of fused-ring (bicyclic) bond motifs is 1. The molecule has 1 aromatic carbocycles. The van der Waals surface area contributed by atoms with Crippen LogP contribution in [0.1, 0.15) is 36.0 Å². The highest BCUT2D eigenvalue weighted by Crippen LogP contribution is 2.26. The molecule has 24 heavy (non-hydrogen) atoms. The Hall–Kier alpha value is -1.50. The van der Waals surface area contributed by atoms with Gasteiger partial charge in [0.25, 0.3) is 5.91 Å². The summed E-state index contributed by atoms with van der Waals surface area (Å²) in [6, 6.07) is 5.67. The van der Waals surface area contributed by atoms with Crippen LogP contribution in [-0.2, 0) is 0 Å². The molecular formula is C18H23N3O2S. The number of rotatable bonds is 3. The number of thiazole rings is 1. The van der Waals surface area contributed by atoms with Gasteiger partial charge in [-0.3, -0.25) is 4.79 Å². The zero-order valence-electron chi connectivity index (χ0n) is 13.8. The summed E-state index contributed by atoms with van der Waals surface area (Å²) in [5.41, 5.74) is 2.65. The van der Waals surface area contributed by atoms with Gasteiger partial charge in [-0.05, 0) is 57.0 Å². The number of amides is 1. The minimum Gasteiger partial charge on any atom is -0.387 e. The van der Waals surface area contributed by atoms with E-state index in [4.69, 9.17) is 0 Å². The van der Waals surface area contributed by atoms with Crippen LogP contribution < -0.4 is 0 Å². The molecule has 1 aromatic heterocycles. The van der Waals surface area contributed by atoms with Gasteiger partial charge in [0.1, 0.15) is 0 Å². The Morgan fingerprint density at radius 2 is 2.08 bits per heavy atom. The van der Waals surface area contributed by atoms with Crippen LogP contribution in [0.5, 0.6) is 0 Å². The van der Waals surface area contributed by atoms with E-state index in [0.717, 1.165) is 42.7 Å². The summed E-state index contributed by atoms with van der Waals surface area (Å²) in [7, 11) is 0. The Balaban J connectivity index is 1.49. The van der Waals surface area contributed by atoms with Crippen LogP contribution in [0.15, 0.2) is 23.7 Å². The molecule has 2 aliphatic rings. The Morgan fingerprint density at radius 1 is 1.25 bits per heavy atom. The number of benzene rings is 1. The Morgan fingerprint density at radius 3 is 2.92 bits per heavy atom. The van der Waals surface area contributed by atoms with Crippen molar-refractivity contribution >= 4 is 27.5 Å². The molecule has 1 N–H and O–H groups in total. The van der Waals surface area contributed by atoms with Gasteiger partial charge >= 0.3 is 0 Å². The number of β-amino-alcohol motifs (C(OH)–C–C–N with tert-alkyl or cyclic N) is 1. The molecule has 2 saturated heterocycles. The van der Waals surface area contributed by atoms with Crippen LogP contribution >= 0.6 is 11.3 Å². The SMILES string of the molecule is O=C(c1ccc2ncsc2c1)N1CCC[C@@](O)(CN2CCCC2)C1. The number of hydrogen-bond donors (Lipinski definition) is 1. The van der Waals surface area contributed by atoms with Crippen molar-refractivity contribution < 1.29 is 9.90 Å². The van der Waals surface area contributed by atoms with Crippen LogP contribution in [0.25, 0.3) is 10.2 Å². The standard InChI is InChI=1S/C18H23N3O2S/c22-17(14-4-5-15-16(10-14)24-13-19-15)21-9-3-6-18(23,12-21)11-20-7-1-2-8-20/h4-5,10,13,23H,1-3,6-9,11-12H2/t18-/m1/s1. The molecule has 2 fully saturated rings. The van der Waals surface area contributed by atoms with Gasteiger partial charge in [-0.2, -0.15) is 0 Å². The minimum absolute atomic E-state index is 0.0184. The topological polar surface area (TPSA) is 56.7 Å². The van der Waals surface area contributed by atoms with E-state index in [2.05, 4.69) is 9.88 Å². The predicted molar refractivity (Wildman–Crippen MR) is 95.4 cm³/mol. The van der Waals surface area contributed by atoms with E-state index in [0.29, 0.717) is 18.7 Å². The lowest BCUT2D eigenvalue weighted by Crippen LogP contribution is -2.55. The molecule has 0 bridgehead atoms. The molecule has 0 spiro atoms. The van der Waals surface area contributed by atoms with E-state index in [1.807, 2.05) is 23.1 Å². The van der Waals surface area contributed by atoms with Crippen molar-refractivity contribution in [1.82, 2.24) is 14.8 Å². The number of piperidine rings is 1. The molecule has 0 radical (unpaired) electrons. The number of nitrogens with zero attached hydrogens (tertiary/aromatic N) is 3. The summed E-state index contributed by atoms with van der Waals surface area (Å²) in [6.07, 6.45) is 4.07. The van der Waals surface area contributed by atoms with Crippen molar-refractivity contribution in [2.75, 3.05) is 32.7 Å². The fraction of sp³-hybridized carbons (Fsp3) is 0.556. The van der Waals surface area contributed by atoms with E-state index in [1.165, 1.54) is 12.8 Å². The number of carbonyl (C=O) groups is 1. The first-order chi connectivity index (χ1) is 11.6. The van der Waals surface area contributed by atoms with Crippen LogP contribution in [0.2, 0.25) is 0 Å². The first kappa shape index (κ1) is 16.0. The minimum atomic E-state index is -0.771. The van der Waals surface area contributed by atoms with Gasteiger partial charge in [0.05, 0.1) is 27.9 Å². The van der Waals surface area contributed by atoms with E-state index < -0.39 is 5.60 Å². The number of aromatic nitrogens is 1. The van der Waals surface area contributed by atoms with Crippen molar-refractivity contribution in [3.8, 4) is 0 Å². The van der Waals surface area contributed by atoms with Crippen molar-refractivity contribution in [3.05, 3.63) is 29.3 Å². The molecule has 128 valence electrons. The molecule has 3 heterocycles. The monoisotopic (exact) mass is 345 g/mol. The lowest BCUT2D eigenvalue weighted by Gasteiger charge is -2.41. The van der Waals surface area contributed by atoms with Gasteiger partial charge in [-0.1, -0.05) is 0 Å². The number of carbonyl (C=O) groups excluding carboxylic acids is 1. The van der Waals surface area contributed by atoms with E-state index in [9.17, 15) is 9.90 Å². The van der Waals surface area contributed by atoms with E-state index in [-0.39, 0.29) is 5.91 Å². The Kier molecular flexibility index (Phi) is 4.28. The molecule has 0 unspecified atom stereocenters. The van der Waals surface area contributed by atoms with Crippen LogP contribution in [0.4, 0.5) is 0 Å². The maximum Gasteiger partial charge on any atom is 0.254 e. The molecule has 1 atom stereocenters. The lowest BCUT2D eigenvalue weighted by atomic mass is 9.91. The maximum atomic E-state index is 12.9. The van der Waals surface area contributed by atoms with Gasteiger partial charge in [0, 0.05) is 18.7 Å². The molecule has 2 aliphatic heterocycles. The zero-order chi connectivity index (χ0) is 16.6. The molecule has 4 rings (SSSR count). The van der Waals surface area contributed by atoms with Crippen molar-refractivity contribution in [2.24, 2.45) is 0 Å². The smallest absolute Gasteiger partial charge is 0.254 e. The molecular weight excluding hydrogens is 322 g/mol. The number of hydrogen-bond acceptors (Lipinski definition) is 5. The average Bonchev–Trinajstić information content (AvgIpc) is 3.24. The summed E-state index contributed by atoms with van der Waals surface area (Å²) >= 11 is 1.55. The fourth-order valence-electron chi connectivity index (χ4n) is 3.94. The van der Waals surface area contributed by atoms with Crippen LogP contribution in [0.3, 0.4) is 0 Å². The van der Waals surface area contributed by atoms with Gasteiger partial charge in [-0.15, -0.1) is 11.3 Å². The summed E-state index contributed by atoms with van der Waals surface area (Å²) in [4.78, 5) is 21.3. The highest BCUT2D eigenvalue weighted by molar-refractivity contribution is 7.16. The summed E-state index contributed by atoms with van der Waals surface area (Å²) in [6.45, 7) is 3.98. The highest BCUT2D eigenvalue weighted by atomic mass is 32.1. The summed E-state index contributed by atoms with van der Waals surface area (Å²) in [5.74, 6) is 0.0184. The molecule has 6 heteroatoms. The van der Waals surface area contributed by atoms with Gasteiger partial charge in [0.15, 0.2) is 0 Å².